The van der Waals surface area contributed by atoms with Crippen LogP contribution in [0.15, 0.2) is 16.9 Å². The van der Waals surface area contributed by atoms with Crippen LogP contribution in [0.25, 0.3) is 0 Å². The predicted molar refractivity (Wildman–Crippen MR) is 76.2 cm³/mol. The van der Waals surface area contributed by atoms with E-state index in [1.165, 1.54) is 19.3 Å². The van der Waals surface area contributed by atoms with Crippen molar-refractivity contribution in [1.82, 2.24) is 9.88 Å². The fraction of sp³-hybridized carbons (Fsp3) is 0.667. The number of hydrogen-bond donors (Lipinski definition) is 2. The third-order valence-electron chi connectivity index (χ3n) is 3.95. The summed E-state index contributed by atoms with van der Waals surface area (Å²) in [6, 6.07) is 4.41. The summed E-state index contributed by atoms with van der Waals surface area (Å²) >= 11 is 0. The number of piperidine rings is 1. The quantitative estimate of drug-likeness (QED) is 0.853. The van der Waals surface area contributed by atoms with Gasteiger partial charge in [0.15, 0.2) is 0 Å². The van der Waals surface area contributed by atoms with Gasteiger partial charge in [-0.05, 0) is 45.2 Å². The van der Waals surface area contributed by atoms with Crippen LogP contribution in [0.5, 0.6) is 0 Å². The molecule has 1 aromatic rings. The Hall–Kier alpha value is -1.13. The number of aromatic nitrogens is 1. The first-order valence-electron chi connectivity index (χ1n) is 7.24. The number of hydrogen-bond acceptors (Lipinski definition) is 3. The highest BCUT2D eigenvalue weighted by atomic mass is 16.2. The second-order valence-corrected chi connectivity index (χ2v) is 5.48. The lowest BCUT2D eigenvalue weighted by molar-refractivity contribution is 0.123. The normalized spacial score (nSPS) is 20.6. The number of H-pyrrole nitrogens is 1. The number of nitrogens with zero attached hydrogens (tertiary/aromatic N) is 1. The number of aliphatic hydroxyl groups excluding tert-OH is 1. The number of aromatic amines is 1. The molecule has 1 aromatic heterocycles. The fourth-order valence-electron chi connectivity index (χ4n) is 2.87. The summed E-state index contributed by atoms with van der Waals surface area (Å²) in [5.41, 5.74) is 1.79. The van der Waals surface area contributed by atoms with Crippen molar-refractivity contribution in [3.05, 3.63) is 33.7 Å². The van der Waals surface area contributed by atoms with E-state index in [0.29, 0.717) is 6.04 Å². The van der Waals surface area contributed by atoms with Gasteiger partial charge in [0.2, 0.25) is 0 Å². The molecule has 1 atom stereocenters. The van der Waals surface area contributed by atoms with Crippen LogP contribution in [0.2, 0.25) is 0 Å². The van der Waals surface area contributed by atoms with E-state index in [-0.39, 0.29) is 12.2 Å². The molecule has 1 aliphatic heterocycles. The molecule has 4 nitrogen and oxygen atoms in total. The molecule has 4 heteroatoms. The minimum Gasteiger partial charge on any atom is -0.396 e. The zero-order chi connectivity index (χ0) is 13.7. The average Bonchev–Trinajstić information content (AvgIpc) is 2.41. The summed E-state index contributed by atoms with van der Waals surface area (Å²) in [6.07, 6.45) is 5.53. The van der Waals surface area contributed by atoms with E-state index in [4.69, 9.17) is 5.11 Å². The second-order valence-electron chi connectivity index (χ2n) is 5.48. The Morgan fingerprint density at radius 2 is 2.26 bits per heavy atom. The molecule has 19 heavy (non-hydrogen) atoms. The molecule has 106 valence electrons. The highest BCUT2D eigenvalue weighted by Gasteiger charge is 2.22. The van der Waals surface area contributed by atoms with Gasteiger partial charge in [-0.1, -0.05) is 12.5 Å². The first kappa shape index (κ1) is 14.3. The van der Waals surface area contributed by atoms with E-state index in [0.717, 1.165) is 37.2 Å². The topological polar surface area (TPSA) is 56.3 Å². The van der Waals surface area contributed by atoms with E-state index in [1.54, 1.807) is 0 Å². The van der Waals surface area contributed by atoms with Crippen molar-refractivity contribution < 1.29 is 5.11 Å². The van der Waals surface area contributed by atoms with Gasteiger partial charge < -0.3 is 10.1 Å². The zero-order valence-corrected chi connectivity index (χ0v) is 11.7. The van der Waals surface area contributed by atoms with Crippen molar-refractivity contribution in [2.45, 2.75) is 51.6 Å². The van der Waals surface area contributed by atoms with Crippen LogP contribution in [0.1, 0.15) is 43.4 Å². The molecule has 2 rings (SSSR count). The molecular formula is C15H24N2O2. The van der Waals surface area contributed by atoms with Crippen molar-refractivity contribution in [2.24, 2.45) is 0 Å². The Bertz CT molecular complexity index is 456. The monoisotopic (exact) mass is 264 g/mol. The summed E-state index contributed by atoms with van der Waals surface area (Å²) in [4.78, 5) is 17.2. The van der Waals surface area contributed by atoms with E-state index in [2.05, 4.69) is 9.88 Å². The molecule has 1 fully saturated rings. The molecule has 0 spiro atoms. The Balaban J connectivity index is 2.04. The highest BCUT2D eigenvalue weighted by molar-refractivity contribution is 5.13. The number of aryl methyl sites for hydroxylation is 1. The van der Waals surface area contributed by atoms with Crippen LogP contribution in [0.4, 0.5) is 0 Å². The van der Waals surface area contributed by atoms with Gasteiger partial charge in [-0.2, -0.15) is 0 Å². The number of likely N-dealkylation sites (tertiary alicyclic amines) is 1. The van der Waals surface area contributed by atoms with Gasteiger partial charge >= 0.3 is 0 Å². The summed E-state index contributed by atoms with van der Waals surface area (Å²) < 4.78 is 0. The predicted octanol–water partition coefficient (Wildman–Crippen LogP) is 1.81. The Labute approximate surface area is 114 Å². The average molecular weight is 264 g/mol. The number of nitrogens with one attached hydrogen (secondary N) is 1. The first-order chi connectivity index (χ1) is 9.20. The summed E-state index contributed by atoms with van der Waals surface area (Å²) in [5, 5.41) is 8.97. The molecule has 0 aliphatic carbocycles. The molecule has 2 N–H and O–H groups in total. The molecule has 0 amide bonds. The maximum atomic E-state index is 11.9. The van der Waals surface area contributed by atoms with Gasteiger partial charge in [0.25, 0.3) is 5.56 Å². The van der Waals surface area contributed by atoms with E-state index in [1.807, 2.05) is 19.1 Å². The third kappa shape index (κ3) is 3.91. The van der Waals surface area contributed by atoms with Crippen LogP contribution in [-0.2, 0) is 6.54 Å². The Morgan fingerprint density at radius 3 is 3.00 bits per heavy atom. The lowest BCUT2D eigenvalue weighted by Crippen LogP contribution is -2.40. The van der Waals surface area contributed by atoms with Crippen LogP contribution in [0.3, 0.4) is 0 Å². The lowest BCUT2D eigenvalue weighted by Gasteiger charge is -2.35. The standard InChI is InChI=1S/C15H24N2O2/c1-12-7-8-13(15(19)16-12)11-17-9-3-2-5-14(17)6-4-10-18/h7-8,14,18H,2-6,9-11H2,1H3,(H,16,19). The van der Waals surface area contributed by atoms with Crippen molar-refractivity contribution in [3.8, 4) is 0 Å². The SMILES string of the molecule is Cc1ccc(CN2CCCCC2CCCO)c(=O)[nH]1. The smallest absolute Gasteiger partial charge is 0.252 e. The second kappa shape index (κ2) is 6.87. The largest absolute Gasteiger partial charge is 0.396 e. The molecule has 1 aliphatic rings. The minimum absolute atomic E-state index is 0.0338. The van der Waals surface area contributed by atoms with Gasteiger partial charge in [0, 0.05) is 30.5 Å². The highest BCUT2D eigenvalue weighted by Crippen LogP contribution is 2.22. The van der Waals surface area contributed by atoms with E-state index in [9.17, 15) is 4.79 Å². The molecule has 0 saturated carbocycles. The van der Waals surface area contributed by atoms with Crippen LogP contribution < -0.4 is 5.56 Å². The van der Waals surface area contributed by atoms with E-state index >= 15 is 0 Å². The number of aliphatic hydroxyl groups is 1. The van der Waals surface area contributed by atoms with Crippen molar-refractivity contribution >= 4 is 0 Å². The maximum Gasteiger partial charge on any atom is 0.252 e. The Kier molecular flexibility index (Phi) is 5.16. The van der Waals surface area contributed by atoms with Gasteiger partial charge in [0.1, 0.15) is 0 Å². The number of pyridine rings is 1. The summed E-state index contributed by atoms with van der Waals surface area (Å²) in [7, 11) is 0. The van der Waals surface area contributed by atoms with Gasteiger partial charge in [-0.15, -0.1) is 0 Å². The zero-order valence-electron chi connectivity index (χ0n) is 11.7. The molecule has 0 bridgehead atoms. The van der Waals surface area contributed by atoms with Crippen LogP contribution in [0, 0.1) is 6.92 Å². The summed E-state index contributed by atoms with van der Waals surface area (Å²) in [6.45, 7) is 3.95. The van der Waals surface area contributed by atoms with Gasteiger partial charge in [-0.25, -0.2) is 0 Å². The molecule has 0 aromatic carbocycles. The van der Waals surface area contributed by atoms with Crippen LogP contribution in [-0.4, -0.2) is 34.2 Å². The lowest BCUT2D eigenvalue weighted by atomic mass is 9.97. The Morgan fingerprint density at radius 1 is 1.42 bits per heavy atom. The number of rotatable bonds is 5. The van der Waals surface area contributed by atoms with Crippen LogP contribution >= 0.6 is 0 Å². The molecule has 1 unspecified atom stereocenters. The van der Waals surface area contributed by atoms with E-state index < -0.39 is 0 Å². The first-order valence-corrected chi connectivity index (χ1v) is 7.24. The van der Waals surface area contributed by atoms with Crippen molar-refractivity contribution in [1.29, 1.82) is 0 Å². The van der Waals surface area contributed by atoms with Gasteiger partial charge in [0.05, 0.1) is 0 Å². The molecular weight excluding hydrogens is 240 g/mol. The van der Waals surface area contributed by atoms with Crippen molar-refractivity contribution in [2.75, 3.05) is 13.2 Å². The van der Waals surface area contributed by atoms with Crippen molar-refractivity contribution in [3.63, 3.8) is 0 Å². The molecule has 1 saturated heterocycles. The molecule has 2 heterocycles. The third-order valence-corrected chi connectivity index (χ3v) is 3.95. The maximum absolute atomic E-state index is 11.9. The fourth-order valence-corrected chi connectivity index (χ4v) is 2.87. The summed E-state index contributed by atoms with van der Waals surface area (Å²) in [5.74, 6) is 0. The molecule has 0 radical (unpaired) electrons. The van der Waals surface area contributed by atoms with Gasteiger partial charge in [-0.3, -0.25) is 9.69 Å². The minimum atomic E-state index is 0.0338.